The number of amides is 1. The molecule has 0 aromatic heterocycles. The maximum Gasteiger partial charge on any atom is 0.329 e. The van der Waals surface area contributed by atoms with E-state index in [1.54, 1.807) is 6.92 Å². The van der Waals surface area contributed by atoms with Gasteiger partial charge in [0.2, 0.25) is 0 Å². The molecule has 1 aliphatic heterocycles. The van der Waals surface area contributed by atoms with Crippen LogP contribution < -0.4 is 9.64 Å². The second-order valence-corrected chi connectivity index (χ2v) is 7.25. The van der Waals surface area contributed by atoms with Crippen molar-refractivity contribution < 1.29 is 24.0 Å². The standard InChI is InChI=1S/C20H26N2O6/c1-3-15(20(24)27-14-8-6-5-7-9-14)21-16-12-13(22(25)26)10-11-18(16)28-17(4-2)19(21)23/h10-12,14-15,17H,3-9H2,1-2H3. The van der Waals surface area contributed by atoms with Crippen LogP contribution in [0.5, 0.6) is 5.75 Å². The Morgan fingerprint density at radius 3 is 2.64 bits per heavy atom. The van der Waals surface area contributed by atoms with Crippen molar-refractivity contribution >= 4 is 23.3 Å². The first-order chi connectivity index (χ1) is 13.5. The van der Waals surface area contributed by atoms with Crippen LogP contribution in [0.4, 0.5) is 11.4 Å². The molecule has 1 saturated carbocycles. The van der Waals surface area contributed by atoms with Crippen LogP contribution in [0.15, 0.2) is 18.2 Å². The number of anilines is 1. The third-order valence-electron chi connectivity index (χ3n) is 5.37. The van der Waals surface area contributed by atoms with Crippen molar-refractivity contribution in [3.05, 3.63) is 28.3 Å². The molecule has 1 fully saturated rings. The molecule has 1 aromatic carbocycles. The topological polar surface area (TPSA) is 99.0 Å². The molecule has 2 aliphatic rings. The first-order valence-electron chi connectivity index (χ1n) is 9.94. The molecule has 2 unspecified atom stereocenters. The minimum absolute atomic E-state index is 0.127. The first kappa shape index (κ1) is 20.1. The number of hydrogen-bond acceptors (Lipinski definition) is 6. The minimum Gasteiger partial charge on any atom is -0.478 e. The molecule has 0 bridgehead atoms. The summed E-state index contributed by atoms with van der Waals surface area (Å²) >= 11 is 0. The number of hydrogen-bond donors (Lipinski definition) is 0. The number of fused-ring (bicyclic) bond motifs is 1. The molecular weight excluding hydrogens is 364 g/mol. The van der Waals surface area contributed by atoms with Crippen LogP contribution in [0.1, 0.15) is 58.8 Å². The SMILES string of the molecule is CCC1Oc2ccc([N+](=O)[O-])cc2N(C(CC)C(=O)OC2CCCCC2)C1=O. The van der Waals surface area contributed by atoms with Gasteiger partial charge < -0.3 is 9.47 Å². The van der Waals surface area contributed by atoms with Crippen LogP contribution in [0, 0.1) is 10.1 Å². The molecule has 0 saturated heterocycles. The maximum absolute atomic E-state index is 13.0. The number of nitro benzene ring substituents is 1. The summed E-state index contributed by atoms with van der Waals surface area (Å²) in [5, 5.41) is 11.2. The highest BCUT2D eigenvalue weighted by Gasteiger charge is 2.41. The number of carbonyl (C=O) groups excluding carboxylic acids is 2. The van der Waals surface area contributed by atoms with Crippen molar-refractivity contribution in [1.29, 1.82) is 0 Å². The lowest BCUT2D eigenvalue weighted by molar-refractivity contribution is -0.384. The van der Waals surface area contributed by atoms with Crippen molar-refractivity contribution in [1.82, 2.24) is 0 Å². The van der Waals surface area contributed by atoms with Crippen LogP contribution in [-0.4, -0.2) is 35.0 Å². The molecule has 0 radical (unpaired) electrons. The van der Waals surface area contributed by atoms with Gasteiger partial charge in [0.25, 0.3) is 11.6 Å². The molecule has 3 rings (SSSR count). The fourth-order valence-corrected chi connectivity index (χ4v) is 3.84. The van der Waals surface area contributed by atoms with Gasteiger partial charge >= 0.3 is 5.97 Å². The van der Waals surface area contributed by atoms with Gasteiger partial charge in [-0.25, -0.2) is 4.79 Å². The van der Waals surface area contributed by atoms with Crippen molar-refractivity contribution in [2.75, 3.05) is 4.90 Å². The number of nitro groups is 1. The zero-order chi connectivity index (χ0) is 20.3. The van der Waals surface area contributed by atoms with E-state index in [-0.39, 0.29) is 23.4 Å². The lowest BCUT2D eigenvalue weighted by Gasteiger charge is -2.38. The molecule has 0 N–H and O–H groups in total. The summed E-state index contributed by atoms with van der Waals surface area (Å²) in [6.45, 7) is 3.62. The summed E-state index contributed by atoms with van der Waals surface area (Å²) < 4.78 is 11.4. The monoisotopic (exact) mass is 390 g/mol. The van der Waals surface area contributed by atoms with Gasteiger partial charge in [-0.15, -0.1) is 0 Å². The van der Waals surface area contributed by atoms with E-state index >= 15 is 0 Å². The largest absolute Gasteiger partial charge is 0.478 e. The predicted molar refractivity (Wildman–Crippen MR) is 102 cm³/mol. The average molecular weight is 390 g/mol. The van der Waals surface area contributed by atoms with Gasteiger partial charge in [0.05, 0.1) is 10.6 Å². The highest BCUT2D eigenvalue weighted by molar-refractivity contribution is 6.04. The molecule has 1 heterocycles. The highest BCUT2D eigenvalue weighted by atomic mass is 16.6. The zero-order valence-corrected chi connectivity index (χ0v) is 16.3. The number of nitrogens with zero attached hydrogens (tertiary/aromatic N) is 2. The van der Waals surface area contributed by atoms with Crippen molar-refractivity contribution in [3.8, 4) is 5.75 Å². The normalized spacial score (nSPS) is 20.9. The van der Waals surface area contributed by atoms with E-state index in [9.17, 15) is 19.7 Å². The lowest BCUT2D eigenvalue weighted by atomic mass is 9.97. The summed E-state index contributed by atoms with van der Waals surface area (Å²) in [5.74, 6) is -0.471. The van der Waals surface area contributed by atoms with Gasteiger partial charge in [-0.2, -0.15) is 0 Å². The first-order valence-corrected chi connectivity index (χ1v) is 9.94. The van der Waals surface area contributed by atoms with Crippen LogP contribution in [0.3, 0.4) is 0 Å². The third kappa shape index (κ3) is 3.95. The number of ether oxygens (including phenoxy) is 2. The highest BCUT2D eigenvalue weighted by Crippen LogP contribution is 2.39. The molecular formula is C20H26N2O6. The Kier molecular flexibility index (Phi) is 6.16. The fraction of sp³-hybridized carbons (Fsp3) is 0.600. The molecule has 8 nitrogen and oxygen atoms in total. The number of benzene rings is 1. The number of esters is 1. The van der Waals surface area contributed by atoms with Gasteiger partial charge in [-0.05, 0) is 44.6 Å². The van der Waals surface area contributed by atoms with E-state index in [4.69, 9.17) is 9.47 Å². The number of carbonyl (C=O) groups is 2. The van der Waals surface area contributed by atoms with E-state index in [2.05, 4.69) is 0 Å². The smallest absolute Gasteiger partial charge is 0.329 e. The molecule has 28 heavy (non-hydrogen) atoms. The van der Waals surface area contributed by atoms with Crippen LogP contribution in [0.25, 0.3) is 0 Å². The number of rotatable bonds is 6. The predicted octanol–water partition coefficient (Wildman–Crippen LogP) is 3.75. The van der Waals surface area contributed by atoms with E-state index in [1.807, 2.05) is 6.92 Å². The summed E-state index contributed by atoms with van der Waals surface area (Å²) in [5.41, 5.74) is 0.0851. The molecule has 1 aromatic rings. The van der Waals surface area contributed by atoms with E-state index < -0.39 is 23.0 Å². The molecule has 0 spiro atoms. The van der Waals surface area contributed by atoms with Gasteiger partial charge in [0, 0.05) is 12.1 Å². The Morgan fingerprint density at radius 2 is 2.04 bits per heavy atom. The molecule has 1 amide bonds. The van der Waals surface area contributed by atoms with Crippen LogP contribution in [0.2, 0.25) is 0 Å². The number of non-ortho nitro benzene ring substituents is 1. The van der Waals surface area contributed by atoms with E-state index in [0.29, 0.717) is 18.6 Å². The maximum atomic E-state index is 13.0. The summed E-state index contributed by atoms with van der Waals surface area (Å²) in [4.78, 5) is 37.9. The van der Waals surface area contributed by atoms with Gasteiger partial charge in [0.1, 0.15) is 17.9 Å². The summed E-state index contributed by atoms with van der Waals surface area (Å²) in [7, 11) is 0. The second-order valence-electron chi connectivity index (χ2n) is 7.25. The Morgan fingerprint density at radius 1 is 1.32 bits per heavy atom. The van der Waals surface area contributed by atoms with Gasteiger partial charge in [-0.3, -0.25) is 19.8 Å². The van der Waals surface area contributed by atoms with Gasteiger partial charge in [-0.1, -0.05) is 20.3 Å². The van der Waals surface area contributed by atoms with Crippen molar-refractivity contribution in [3.63, 3.8) is 0 Å². The molecule has 2 atom stereocenters. The third-order valence-corrected chi connectivity index (χ3v) is 5.37. The summed E-state index contributed by atoms with van der Waals surface area (Å²) in [6, 6.07) is 3.26. The van der Waals surface area contributed by atoms with Gasteiger partial charge in [0.15, 0.2) is 6.10 Å². The molecule has 8 heteroatoms. The minimum atomic E-state index is -0.840. The van der Waals surface area contributed by atoms with Crippen molar-refractivity contribution in [2.45, 2.75) is 77.0 Å². The fourth-order valence-electron chi connectivity index (χ4n) is 3.84. The van der Waals surface area contributed by atoms with E-state index in [0.717, 1.165) is 32.1 Å². The Labute approximate surface area is 163 Å². The Hall–Kier alpha value is -2.64. The molecule has 1 aliphatic carbocycles. The van der Waals surface area contributed by atoms with Crippen LogP contribution in [-0.2, 0) is 14.3 Å². The van der Waals surface area contributed by atoms with E-state index in [1.165, 1.54) is 23.1 Å². The lowest BCUT2D eigenvalue weighted by Crippen LogP contribution is -2.54. The quantitative estimate of drug-likeness (QED) is 0.417. The van der Waals surface area contributed by atoms with Crippen molar-refractivity contribution in [2.24, 2.45) is 0 Å². The van der Waals surface area contributed by atoms with Crippen LogP contribution >= 0.6 is 0 Å². The summed E-state index contributed by atoms with van der Waals surface area (Å²) in [6.07, 6.45) is 4.77. The Bertz CT molecular complexity index is 759. The Balaban J connectivity index is 1.94. The second kappa shape index (κ2) is 8.58. The average Bonchev–Trinajstić information content (AvgIpc) is 2.70. The zero-order valence-electron chi connectivity index (χ0n) is 16.3. The molecule has 152 valence electrons.